The molecule has 0 bridgehead atoms. The van der Waals surface area contributed by atoms with Crippen LogP contribution in [0.3, 0.4) is 0 Å². The van der Waals surface area contributed by atoms with E-state index in [1.165, 1.54) is 29.2 Å². The number of fused-ring (bicyclic) bond motifs is 2. The van der Waals surface area contributed by atoms with Crippen LogP contribution >= 0.6 is 0 Å². The molecule has 0 saturated heterocycles. The first kappa shape index (κ1) is 13.3. The highest BCUT2D eigenvalue weighted by Gasteiger charge is 2.23. The quantitative estimate of drug-likeness (QED) is 0.726. The summed E-state index contributed by atoms with van der Waals surface area (Å²) in [5, 5.41) is 2.46. The Balaban J connectivity index is 2.03. The van der Waals surface area contributed by atoms with Gasteiger partial charge in [-0.1, -0.05) is 49.4 Å². The Morgan fingerprint density at radius 2 is 1.86 bits per heavy atom. The summed E-state index contributed by atoms with van der Waals surface area (Å²) in [5.74, 6) is 0.846. The Bertz CT molecular complexity index is 849. The minimum atomic E-state index is 0.385. The summed E-state index contributed by atoms with van der Waals surface area (Å²) in [4.78, 5) is 9.14. The molecule has 1 aliphatic carbocycles. The number of nitrogens with two attached hydrogens (primary N) is 1. The minimum absolute atomic E-state index is 0.385. The third-order valence-electron chi connectivity index (χ3n) is 4.63. The molecular weight excluding hydrogens is 270 g/mol. The summed E-state index contributed by atoms with van der Waals surface area (Å²) < 4.78 is 0. The standard InChI is InChI=1S/C19H19N3/c1-12-6-4-11-16-17(12)21-19(20)22-18(16)15-10-5-8-13-7-2-3-9-14(13)15/h2-3,5,7-10,12H,4,6,11H2,1H3,(H2,20,21,22). The van der Waals surface area contributed by atoms with Crippen molar-refractivity contribution in [3.05, 3.63) is 53.7 Å². The molecular formula is C19H19N3. The van der Waals surface area contributed by atoms with Crippen LogP contribution in [0.4, 0.5) is 5.95 Å². The highest BCUT2D eigenvalue weighted by atomic mass is 15.0. The van der Waals surface area contributed by atoms with Crippen LogP contribution in [0.2, 0.25) is 0 Å². The summed E-state index contributed by atoms with van der Waals surface area (Å²) >= 11 is 0. The smallest absolute Gasteiger partial charge is 0.220 e. The van der Waals surface area contributed by atoms with Crippen molar-refractivity contribution >= 4 is 16.7 Å². The average Bonchev–Trinajstić information content (AvgIpc) is 2.55. The molecule has 4 rings (SSSR count). The molecule has 0 spiro atoms. The van der Waals surface area contributed by atoms with E-state index in [2.05, 4.69) is 59.4 Å². The van der Waals surface area contributed by atoms with Crippen LogP contribution in [0.25, 0.3) is 22.0 Å². The maximum Gasteiger partial charge on any atom is 0.220 e. The zero-order chi connectivity index (χ0) is 15.1. The molecule has 0 saturated carbocycles. The van der Waals surface area contributed by atoms with Gasteiger partial charge in [-0.2, -0.15) is 0 Å². The predicted octanol–water partition coefficient (Wildman–Crippen LogP) is 4.32. The van der Waals surface area contributed by atoms with Gasteiger partial charge in [0.1, 0.15) is 0 Å². The zero-order valence-corrected chi connectivity index (χ0v) is 12.7. The van der Waals surface area contributed by atoms with Gasteiger partial charge in [0, 0.05) is 11.1 Å². The molecule has 3 nitrogen and oxygen atoms in total. The fourth-order valence-corrected chi connectivity index (χ4v) is 3.55. The normalized spacial score (nSPS) is 17.4. The number of benzene rings is 2. The molecule has 1 atom stereocenters. The van der Waals surface area contributed by atoms with Gasteiger partial charge in [0.2, 0.25) is 5.95 Å². The van der Waals surface area contributed by atoms with Gasteiger partial charge in [0.25, 0.3) is 0 Å². The van der Waals surface area contributed by atoms with E-state index in [9.17, 15) is 0 Å². The second-order valence-electron chi connectivity index (χ2n) is 6.11. The van der Waals surface area contributed by atoms with Crippen molar-refractivity contribution in [3.8, 4) is 11.3 Å². The maximum atomic E-state index is 6.00. The van der Waals surface area contributed by atoms with Gasteiger partial charge in [0.05, 0.1) is 11.4 Å². The summed E-state index contributed by atoms with van der Waals surface area (Å²) in [5.41, 5.74) is 10.6. The Morgan fingerprint density at radius 1 is 1.05 bits per heavy atom. The molecule has 3 aromatic rings. The van der Waals surface area contributed by atoms with Crippen molar-refractivity contribution < 1.29 is 0 Å². The number of hydrogen-bond donors (Lipinski definition) is 1. The highest BCUT2D eigenvalue weighted by molar-refractivity contribution is 5.96. The topological polar surface area (TPSA) is 51.8 Å². The second kappa shape index (κ2) is 5.09. The monoisotopic (exact) mass is 289 g/mol. The van der Waals surface area contributed by atoms with Crippen LogP contribution in [-0.2, 0) is 6.42 Å². The van der Waals surface area contributed by atoms with E-state index in [-0.39, 0.29) is 0 Å². The molecule has 2 N–H and O–H groups in total. The van der Waals surface area contributed by atoms with Gasteiger partial charge < -0.3 is 5.73 Å². The SMILES string of the molecule is CC1CCCc2c(-c3cccc4ccccc34)nc(N)nc21. The molecule has 0 amide bonds. The van der Waals surface area contributed by atoms with E-state index in [0.717, 1.165) is 23.4 Å². The van der Waals surface area contributed by atoms with E-state index < -0.39 is 0 Å². The molecule has 22 heavy (non-hydrogen) atoms. The van der Waals surface area contributed by atoms with Gasteiger partial charge in [-0.25, -0.2) is 9.97 Å². The number of rotatable bonds is 1. The third-order valence-corrected chi connectivity index (χ3v) is 4.63. The van der Waals surface area contributed by atoms with Crippen LogP contribution in [-0.4, -0.2) is 9.97 Å². The van der Waals surface area contributed by atoms with E-state index >= 15 is 0 Å². The first-order valence-corrected chi connectivity index (χ1v) is 7.88. The highest BCUT2D eigenvalue weighted by Crippen LogP contribution is 2.37. The van der Waals surface area contributed by atoms with Crippen molar-refractivity contribution in [2.45, 2.75) is 32.1 Å². The fourth-order valence-electron chi connectivity index (χ4n) is 3.55. The van der Waals surface area contributed by atoms with E-state index in [0.29, 0.717) is 11.9 Å². The molecule has 110 valence electrons. The summed E-state index contributed by atoms with van der Waals surface area (Å²) in [6.45, 7) is 2.23. The van der Waals surface area contributed by atoms with E-state index in [1.54, 1.807) is 0 Å². The van der Waals surface area contributed by atoms with Gasteiger partial charge in [-0.15, -0.1) is 0 Å². The molecule has 3 heteroatoms. The molecule has 1 aliphatic rings. The summed E-state index contributed by atoms with van der Waals surface area (Å²) in [7, 11) is 0. The minimum Gasteiger partial charge on any atom is -0.368 e. The molecule has 2 aromatic carbocycles. The van der Waals surface area contributed by atoms with Crippen LogP contribution < -0.4 is 5.73 Å². The lowest BCUT2D eigenvalue weighted by Crippen LogP contribution is -2.14. The molecule has 0 aliphatic heterocycles. The molecule has 1 aromatic heterocycles. The number of hydrogen-bond acceptors (Lipinski definition) is 3. The lowest BCUT2D eigenvalue weighted by Gasteiger charge is -2.24. The lowest BCUT2D eigenvalue weighted by atomic mass is 9.85. The van der Waals surface area contributed by atoms with E-state index in [1.807, 2.05) is 0 Å². The van der Waals surface area contributed by atoms with Crippen molar-refractivity contribution in [2.24, 2.45) is 0 Å². The number of aromatic nitrogens is 2. The molecule has 1 heterocycles. The van der Waals surface area contributed by atoms with Crippen LogP contribution in [0.5, 0.6) is 0 Å². The fraction of sp³-hybridized carbons (Fsp3) is 0.263. The van der Waals surface area contributed by atoms with Crippen molar-refractivity contribution in [1.82, 2.24) is 9.97 Å². The van der Waals surface area contributed by atoms with Crippen molar-refractivity contribution in [3.63, 3.8) is 0 Å². The van der Waals surface area contributed by atoms with Crippen molar-refractivity contribution in [2.75, 3.05) is 5.73 Å². The lowest BCUT2D eigenvalue weighted by molar-refractivity contribution is 0.572. The second-order valence-corrected chi connectivity index (χ2v) is 6.11. The Morgan fingerprint density at radius 3 is 2.77 bits per heavy atom. The van der Waals surface area contributed by atoms with Gasteiger partial charge >= 0.3 is 0 Å². The van der Waals surface area contributed by atoms with Gasteiger partial charge in [0.15, 0.2) is 0 Å². The molecule has 0 fully saturated rings. The third kappa shape index (κ3) is 2.05. The maximum absolute atomic E-state index is 6.00. The Labute approximate surface area is 130 Å². The summed E-state index contributed by atoms with van der Waals surface area (Å²) in [6.07, 6.45) is 3.41. The largest absolute Gasteiger partial charge is 0.368 e. The van der Waals surface area contributed by atoms with Gasteiger partial charge in [-0.3, -0.25) is 0 Å². The number of nitrogen functional groups attached to an aromatic ring is 1. The van der Waals surface area contributed by atoms with Crippen molar-refractivity contribution in [1.29, 1.82) is 0 Å². The summed E-state index contributed by atoms with van der Waals surface area (Å²) in [6, 6.07) is 14.8. The van der Waals surface area contributed by atoms with Crippen LogP contribution in [0.1, 0.15) is 36.9 Å². The predicted molar refractivity (Wildman–Crippen MR) is 90.7 cm³/mol. The Kier molecular flexibility index (Phi) is 3.07. The zero-order valence-electron chi connectivity index (χ0n) is 12.7. The Hall–Kier alpha value is -2.42. The first-order chi connectivity index (χ1) is 10.7. The van der Waals surface area contributed by atoms with Crippen LogP contribution in [0.15, 0.2) is 42.5 Å². The van der Waals surface area contributed by atoms with Gasteiger partial charge in [-0.05, 0) is 36.0 Å². The van der Waals surface area contributed by atoms with E-state index in [4.69, 9.17) is 5.73 Å². The first-order valence-electron chi connectivity index (χ1n) is 7.88. The molecule has 1 unspecified atom stereocenters. The number of anilines is 1. The van der Waals surface area contributed by atoms with Crippen LogP contribution in [0, 0.1) is 0 Å². The number of nitrogens with zero attached hydrogens (tertiary/aromatic N) is 2. The average molecular weight is 289 g/mol. The molecule has 0 radical (unpaired) electrons.